The van der Waals surface area contributed by atoms with Crippen LogP contribution in [-0.2, 0) is 12.8 Å². The Bertz CT molecular complexity index is 320. The molecule has 1 aromatic carbocycles. The molecular weight excluding hydrogens is 134 g/mol. The van der Waals surface area contributed by atoms with Crippen molar-refractivity contribution in [1.82, 2.24) is 0 Å². The first kappa shape index (κ1) is 6.42. The van der Waals surface area contributed by atoms with Crippen LogP contribution in [0.3, 0.4) is 0 Å². The van der Waals surface area contributed by atoms with Crippen molar-refractivity contribution in [3.05, 3.63) is 34.9 Å². The van der Waals surface area contributed by atoms with Gasteiger partial charge in [-0.3, -0.25) is 0 Å². The molecule has 0 heterocycles. The summed E-state index contributed by atoms with van der Waals surface area (Å²) in [5, 5.41) is 8.62. The van der Waals surface area contributed by atoms with Crippen molar-refractivity contribution in [2.45, 2.75) is 19.3 Å². The van der Waals surface area contributed by atoms with Crippen LogP contribution in [0.4, 0.5) is 0 Å². The van der Waals surface area contributed by atoms with E-state index in [1.165, 1.54) is 24.0 Å². The third-order valence-electron chi connectivity index (χ3n) is 2.23. The molecule has 11 heavy (non-hydrogen) atoms. The normalized spacial score (nSPS) is 14.1. The fraction of sp³-hybridized carbons (Fsp3) is 0.300. The van der Waals surface area contributed by atoms with E-state index < -0.39 is 0 Å². The van der Waals surface area contributed by atoms with E-state index in [0.717, 1.165) is 12.0 Å². The number of rotatable bonds is 0. The summed E-state index contributed by atoms with van der Waals surface area (Å²) >= 11 is 0. The van der Waals surface area contributed by atoms with Gasteiger partial charge < -0.3 is 0 Å². The maximum absolute atomic E-state index is 8.62. The molecule has 0 amide bonds. The summed E-state index contributed by atoms with van der Waals surface area (Å²) in [6, 6.07) is 8.16. The van der Waals surface area contributed by atoms with Crippen LogP contribution in [0.5, 0.6) is 0 Å². The quantitative estimate of drug-likeness (QED) is 0.545. The monoisotopic (exact) mass is 143 g/mol. The van der Waals surface area contributed by atoms with Gasteiger partial charge in [0.2, 0.25) is 0 Å². The lowest BCUT2D eigenvalue weighted by atomic mass is 10.1. The van der Waals surface area contributed by atoms with Crippen LogP contribution in [0.1, 0.15) is 23.1 Å². The van der Waals surface area contributed by atoms with E-state index in [1.54, 1.807) is 0 Å². The minimum absolute atomic E-state index is 0.797. The Morgan fingerprint density at radius 3 is 2.82 bits per heavy atom. The minimum Gasteiger partial charge on any atom is -0.192 e. The first-order valence-corrected chi connectivity index (χ1v) is 3.92. The molecule has 1 aromatic rings. The SMILES string of the molecule is N#Cc1ccc2c(c1)CCC2. The highest BCUT2D eigenvalue weighted by Crippen LogP contribution is 2.22. The lowest BCUT2D eigenvalue weighted by molar-refractivity contribution is 0.912. The van der Waals surface area contributed by atoms with Gasteiger partial charge in [-0.15, -0.1) is 0 Å². The van der Waals surface area contributed by atoms with Gasteiger partial charge in [-0.05, 0) is 42.5 Å². The van der Waals surface area contributed by atoms with E-state index in [0.29, 0.717) is 0 Å². The first-order valence-electron chi connectivity index (χ1n) is 3.92. The highest BCUT2D eigenvalue weighted by molar-refractivity contribution is 5.40. The van der Waals surface area contributed by atoms with Crippen molar-refractivity contribution in [2.24, 2.45) is 0 Å². The van der Waals surface area contributed by atoms with Crippen molar-refractivity contribution < 1.29 is 0 Å². The van der Waals surface area contributed by atoms with Crippen molar-refractivity contribution >= 4 is 0 Å². The third-order valence-corrected chi connectivity index (χ3v) is 2.23. The number of hydrogen-bond donors (Lipinski definition) is 0. The zero-order valence-corrected chi connectivity index (χ0v) is 6.30. The molecule has 54 valence electrons. The number of benzene rings is 1. The predicted molar refractivity (Wildman–Crippen MR) is 43.2 cm³/mol. The second-order valence-electron chi connectivity index (χ2n) is 2.95. The maximum atomic E-state index is 8.62. The summed E-state index contributed by atoms with van der Waals surface area (Å²) in [5.74, 6) is 0. The number of hydrogen-bond acceptors (Lipinski definition) is 1. The summed E-state index contributed by atoms with van der Waals surface area (Å²) in [6.07, 6.45) is 3.61. The van der Waals surface area contributed by atoms with Crippen molar-refractivity contribution in [3.63, 3.8) is 0 Å². The molecule has 0 saturated carbocycles. The van der Waals surface area contributed by atoms with Gasteiger partial charge in [0.1, 0.15) is 0 Å². The average Bonchev–Trinajstić information content (AvgIpc) is 2.50. The van der Waals surface area contributed by atoms with Gasteiger partial charge in [-0.1, -0.05) is 6.07 Å². The molecule has 0 unspecified atom stereocenters. The van der Waals surface area contributed by atoms with Crippen LogP contribution in [0.25, 0.3) is 0 Å². The molecule has 0 N–H and O–H groups in total. The van der Waals surface area contributed by atoms with E-state index in [9.17, 15) is 0 Å². The zero-order valence-electron chi connectivity index (χ0n) is 6.30. The Morgan fingerprint density at radius 1 is 1.18 bits per heavy atom. The van der Waals surface area contributed by atoms with Crippen molar-refractivity contribution in [1.29, 1.82) is 5.26 Å². The number of nitrogens with zero attached hydrogens (tertiary/aromatic N) is 1. The smallest absolute Gasteiger partial charge is 0.0991 e. The van der Waals surface area contributed by atoms with Crippen molar-refractivity contribution in [2.75, 3.05) is 0 Å². The van der Waals surface area contributed by atoms with Crippen molar-refractivity contribution in [3.8, 4) is 6.07 Å². The van der Waals surface area contributed by atoms with E-state index in [4.69, 9.17) is 5.26 Å². The maximum Gasteiger partial charge on any atom is 0.0991 e. The second kappa shape index (κ2) is 2.39. The average molecular weight is 143 g/mol. The standard InChI is InChI=1S/C10H9N/c11-7-8-4-5-9-2-1-3-10(9)6-8/h4-6H,1-3H2. The van der Waals surface area contributed by atoms with E-state index in [1.807, 2.05) is 12.1 Å². The van der Waals surface area contributed by atoms with Gasteiger partial charge in [-0.2, -0.15) is 5.26 Å². The summed E-state index contributed by atoms with van der Waals surface area (Å²) in [4.78, 5) is 0. The number of aryl methyl sites for hydroxylation is 2. The van der Waals surface area contributed by atoms with Gasteiger partial charge in [0.25, 0.3) is 0 Å². The molecule has 2 rings (SSSR count). The van der Waals surface area contributed by atoms with E-state index in [2.05, 4.69) is 12.1 Å². The molecule has 0 aliphatic heterocycles. The van der Waals surface area contributed by atoms with Crippen LogP contribution in [0.2, 0.25) is 0 Å². The molecule has 0 bridgehead atoms. The van der Waals surface area contributed by atoms with E-state index in [-0.39, 0.29) is 0 Å². The summed E-state index contributed by atoms with van der Waals surface area (Å²) in [7, 11) is 0. The minimum atomic E-state index is 0.797. The van der Waals surface area contributed by atoms with Gasteiger partial charge in [0, 0.05) is 0 Å². The highest BCUT2D eigenvalue weighted by Gasteiger charge is 2.09. The molecule has 0 radical (unpaired) electrons. The molecule has 1 aliphatic carbocycles. The van der Waals surface area contributed by atoms with Crippen LogP contribution in [0.15, 0.2) is 18.2 Å². The lowest BCUT2D eigenvalue weighted by Gasteiger charge is -1.96. The topological polar surface area (TPSA) is 23.8 Å². The Hall–Kier alpha value is -1.29. The first-order chi connectivity index (χ1) is 5.40. The summed E-state index contributed by atoms with van der Waals surface area (Å²) in [6.45, 7) is 0. The fourth-order valence-corrected chi connectivity index (χ4v) is 1.64. The van der Waals surface area contributed by atoms with Gasteiger partial charge in [-0.25, -0.2) is 0 Å². The summed E-state index contributed by atoms with van der Waals surface area (Å²) < 4.78 is 0. The molecule has 0 spiro atoms. The van der Waals surface area contributed by atoms with Gasteiger partial charge in [0.05, 0.1) is 11.6 Å². The molecule has 1 nitrogen and oxygen atoms in total. The molecule has 0 saturated heterocycles. The van der Waals surface area contributed by atoms with Gasteiger partial charge >= 0.3 is 0 Å². The molecule has 0 fully saturated rings. The van der Waals surface area contributed by atoms with Crippen LogP contribution in [-0.4, -0.2) is 0 Å². The number of nitriles is 1. The Balaban J connectivity index is 2.51. The Kier molecular flexibility index (Phi) is 1.40. The molecule has 1 aliphatic rings. The second-order valence-corrected chi connectivity index (χ2v) is 2.95. The molecular formula is C10H9N. The molecule has 0 aromatic heterocycles. The van der Waals surface area contributed by atoms with Gasteiger partial charge in [0.15, 0.2) is 0 Å². The molecule has 1 heteroatoms. The predicted octanol–water partition coefficient (Wildman–Crippen LogP) is 2.05. The lowest BCUT2D eigenvalue weighted by Crippen LogP contribution is -1.82. The Labute approximate surface area is 66.3 Å². The van der Waals surface area contributed by atoms with Crippen LogP contribution < -0.4 is 0 Å². The molecule has 0 atom stereocenters. The Morgan fingerprint density at radius 2 is 2.00 bits per heavy atom. The summed E-state index contributed by atoms with van der Waals surface area (Å²) in [5.41, 5.74) is 3.61. The highest BCUT2D eigenvalue weighted by atomic mass is 14.2. The zero-order chi connectivity index (χ0) is 7.68. The van der Waals surface area contributed by atoms with Crippen LogP contribution >= 0.6 is 0 Å². The van der Waals surface area contributed by atoms with E-state index >= 15 is 0 Å². The number of fused-ring (bicyclic) bond motifs is 1. The van der Waals surface area contributed by atoms with Crippen LogP contribution in [0, 0.1) is 11.3 Å². The fourth-order valence-electron chi connectivity index (χ4n) is 1.64. The third kappa shape index (κ3) is 1.01. The largest absolute Gasteiger partial charge is 0.192 e.